The molecule has 3 rings (SSSR count). The Bertz CT molecular complexity index is 594. The summed E-state index contributed by atoms with van der Waals surface area (Å²) in [5.41, 5.74) is 0.714. The highest BCUT2D eigenvalue weighted by Gasteiger charge is 2.23. The van der Waals surface area contributed by atoms with Crippen LogP contribution < -0.4 is 5.56 Å². The molecule has 3 heterocycles. The minimum absolute atomic E-state index is 0.286. The van der Waals surface area contributed by atoms with Gasteiger partial charge in [0, 0.05) is 24.2 Å². The van der Waals surface area contributed by atoms with E-state index in [-0.39, 0.29) is 5.56 Å². The Labute approximate surface area is 89.6 Å². The third kappa shape index (κ3) is 1.18. The van der Waals surface area contributed by atoms with Gasteiger partial charge in [-0.2, -0.15) is 4.98 Å². The van der Waals surface area contributed by atoms with Crippen LogP contribution in [-0.4, -0.2) is 25.3 Å². The molecule has 0 saturated heterocycles. The van der Waals surface area contributed by atoms with Crippen LogP contribution in [0.3, 0.4) is 0 Å². The molecule has 0 aliphatic carbocycles. The van der Waals surface area contributed by atoms with Crippen molar-refractivity contribution in [2.24, 2.45) is 0 Å². The van der Waals surface area contributed by atoms with Crippen LogP contribution >= 0.6 is 11.8 Å². The molecule has 76 valence electrons. The molecule has 0 N–H and O–H groups in total. The number of hydrogen-bond donors (Lipinski definition) is 0. The predicted octanol–water partition coefficient (Wildman–Crippen LogP) is 0.853. The van der Waals surface area contributed by atoms with E-state index >= 15 is 0 Å². The van der Waals surface area contributed by atoms with E-state index in [9.17, 15) is 4.79 Å². The average molecular weight is 220 g/mol. The van der Waals surface area contributed by atoms with Crippen molar-refractivity contribution in [3.63, 3.8) is 0 Å². The smallest absolute Gasteiger partial charge is 0.300 e. The number of fused-ring (bicyclic) bond motifs is 3. The summed E-state index contributed by atoms with van der Waals surface area (Å²) in [6.45, 7) is 2.09. The van der Waals surface area contributed by atoms with Gasteiger partial charge in [-0.25, -0.2) is 9.97 Å². The van der Waals surface area contributed by atoms with Gasteiger partial charge in [-0.3, -0.25) is 9.36 Å². The van der Waals surface area contributed by atoms with Crippen molar-refractivity contribution in [3.8, 4) is 0 Å². The summed E-state index contributed by atoms with van der Waals surface area (Å²) in [6, 6.07) is 0.317. The molecule has 0 saturated carbocycles. The summed E-state index contributed by atoms with van der Waals surface area (Å²) in [7, 11) is 0. The fraction of sp³-hybridized carbons (Fsp3) is 0.333. The largest absolute Gasteiger partial charge is 0.301 e. The Morgan fingerprint density at radius 3 is 3.13 bits per heavy atom. The molecule has 15 heavy (non-hydrogen) atoms. The van der Waals surface area contributed by atoms with Crippen LogP contribution in [0.15, 0.2) is 22.3 Å². The summed E-state index contributed by atoms with van der Waals surface area (Å²) in [4.78, 5) is 23.8. The van der Waals surface area contributed by atoms with Crippen LogP contribution in [0.2, 0.25) is 0 Å². The Hall–Kier alpha value is -1.43. The lowest BCUT2D eigenvalue weighted by Gasteiger charge is -2.09. The molecule has 1 unspecified atom stereocenters. The normalized spacial score (nSPS) is 19.4. The molecule has 0 bridgehead atoms. The van der Waals surface area contributed by atoms with E-state index in [1.54, 1.807) is 18.0 Å². The fourth-order valence-electron chi connectivity index (χ4n) is 1.71. The standard InChI is InChI=1S/C9H8N4OS/c1-5-4-15-9-12-8(14)6-7(13(5)9)11-3-2-10-6/h2-3,5H,4H2,1H3. The van der Waals surface area contributed by atoms with E-state index in [0.29, 0.717) is 17.2 Å². The van der Waals surface area contributed by atoms with Crippen LogP contribution in [-0.2, 0) is 0 Å². The van der Waals surface area contributed by atoms with Gasteiger partial charge in [0.1, 0.15) is 0 Å². The number of rotatable bonds is 0. The van der Waals surface area contributed by atoms with E-state index in [2.05, 4.69) is 21.9 Å². The molecule has 1 aliphatic heterocycles. The highest BCUT2D eigenvalue weighted by Crippen LogP contribution is 2.32. The third-order valence-corrected chi connectivity index (χ3v) is 3.60. The minimum atomic E-state index is -0.286. The van der Waals surface area contributed by atoms with Crippen molar-refractivity contribution in [1.82, 2.24) is 19.5 Å². The van der Waals surface area contributed by atoms with Gasteiger partial charge >= 0.3 is 5.56 Å². The Morgan fingerprint density at radius 2 is 2.27 bits per heavy atom. The monoisotopic (exact) mass is 220 g/mol. The van der Waals surface area contributed by atoms with Gasteiger partial charge in [0.25, 0.3) is 0 Å². The van der Waals surface area contributed by atoms with Gasteiger partial charge in [0.15, 0.2) is 16.3 Å². The molecule has 5 nitrogen and oxygen atoms in total. The average Bonchev–Trinajstić information content (AvgIpc) is 2.61. The van der Waals surface area contributed by atoms with Crippen molar-refractivity contribution in [2.75, 3.05) is 5.75 Å². The highest BCUT2D eigenvalue weighted by atomic mass is 32.2. The van der Waals surface area contributed by atoms with Crippen LogP contribution in [0.25, 0.3) is 11.2 Å². The lowest BCUT2D eigenvalue weighted by atomic mass is 10.3. The Balaban J connectivity index is 2.51. The van der Waals surface area contributed by atoms with E-state index in [0.717, 1.165) is 10.9 Å². The third-order valence-electron chi connectivity index (χ3n) is 2.41. The summed E-state index contributed by atoms with van der Waals surface area (Å²) in [6.07, 6.45) is 3.12. The van der Waals surface area contributed by atoms with Crippen LogP contribution in [0, 0.1) is 0 Å². The molecule has 2 aromatic rings. The maximum absolute atomic E-state index is 11.6. The van der Waals surface area contributed by atoms with Gasteiger partial charge in [0.2, 0.25) is 0 Å². The first-order valence-electron chi connectivity index (χ1n) is 4.63. The van der Waals surface area contributed by atoms with Crippen molar-refractivity contribution in [3.05, 3.63) is 22.7 Å². The molecule has 0 spiro atoms. The lowest BCUT2D eigenvalue weighted by Crippen LogP contribution is -2.16. The summed E-state index contributed by atoms with van der Waals surface area (Å²) < 4.78 is 1.98. The second kappa shape index (κ2) is 3.03. The quantitative estimate of drug-likeness (QED) is 0.616. The Morgan fingerprint density at radius 1 is 1.47 bits per heavy atom. The molecule has 0 radical (unpaired) electrons. The maximum Gasteiger partial charge on any atom is 0.301 e. The van der Waals surface area contributed by atoms with Crippen LogP contribution in [0.4, 0.5) is 0 Å². The summed E-state index contributed by atoms with van der Waals surface area (Å²) >= 11 is 1.59. The van der Waals surface area contributed by atoms with Crippen molar-refractivity contribution in [2.45, 2.75) is 18.1 Å². The van der Waals surface area contributed by atoms with Gasteiger partial charge < -0.3 is 0 Å². The zero-order valence-electron chi connectivity index (χ0n) is 8.04. The zero-order chi connectivity index (χ0) is 10.4. The zero-order valence-corrected chi connectivity index (χ0v) is 8.86. The van der Waals surface area contributed by atoms with Gasteiger partial charge in [-0.15, -0.1) is 0 Å². The number of hydrogen-bond acceptors (Lipinski definition) is 5. The Kier molecular flexibility index (Phi) is 1.79. The van der Waals surface area contributed by atoms with Crippen molar-refractivity contribution >= 4 is 22.9 Å². The second-order valence-electron chi connectivity index (χ2n) is 3.46. The molecule has 0 aromatic carbocycles. The van der Waals surface area contributed by atoms with E-state index in [1.165, 1.54) is 6.20 Å². The molecule has 1 atom stereocenters. The fourth-order valence-corrected chi connectivity index (χ4v) is 2.80. The summed E-state index contributed by atoms with van der Waals surface area (Å²) in [5, 5.41) is 0.750. The van der Waals surface area contributed by atoms with E-state index < -0.39 is 0 Å². The topological polar surface area (TPSA) is 60.7 Å². The highest BCUT2D eigenvalue weighted by molar-refractivity contribution is 7.99. The molecule has 0 fully saturated rings. The minimum Gasteiger partial charge on any atom is -0.300 e. The molecule has 0 amide bonds. The van der Waals surface area contributed by atoms with Gasteiger partial charge in [-0.05, 0) is 6.92 Å². The number of nitrogens with zero attached hydrogens (tertiary/aromatic N) is 4. The van der Waals surface area contributed by atoms with E-state index in [4.69, 9.17) is 0 Å². The van der Waals surface area contributed by atoms with Crippen molar-refractivity contribution in [1.29, 1.82) is 0 Å². The second-order valence-corrected chi connectivity index (χ2v) is 4.45. The molecule has 6 heteroatoms. The molecule has 2 aromatic heterocycles. The van der Waals surface area contributed by atoms with Gasteiger partial charge in [-0.1, -0.05) is 11.8 Å². The number of aromatic nitrogens is 4. The maximum atomic E-state index is 11.6. The number of thioether (sulfide) groups is 1. The molecular weight excluding hydrogens is 212 g/mol. The molecular formula is C9H8N4OS. The summed E-state index contributed by atoms with van der Waals surface area (Å²) in [5.74, 6) is 0.933. The molecule has 1 aliphatic rings. The van der Waals surface area contributed by atoms with Crippen LogP contribution in [0.5, 0.6) is 0 Å². The van der Waals surface area contributed by atoms with Crippen LogP contribution in [0.1, 0.15) is 13.0 Å². The first kappa shape index (κ1) is 8.84. The first-order chi connectivity index (χ1) is 7.27. The predicted molar refractivity (Wildman–Crippen MR) is 57.0 cm³/mol. The van der Waals surface area contributed by atoms with Gasteiger partial charge in [0.05, 0.1) is 0 Å². The van der Waals surface area contributed by atoms with E-state index in [1.807, 2.05) is 4.57 Å². The van der Waals surface area contributed by atoms with Crippen molar-refractivity contribution < 1.29 is 0 Å². The SMILES string of the molecule is CC1CSc2nc(=O)c3nccnc3n21. The lowest BCUT2D eigenvalue weighted by molar-refractivity contribution is 0.577. The first-order valence-corrected chi connectivity index (χ1v) is 5.62.